The maximum absolute atomic E-state index is 12.1. The van der Waals surface area contributed by atoms with Crippen LogP contribution in [-0.2, 0) is 10.0 Å². The zero-order valence-corrected chi connectivity index (χ0v) is 13.2. The average molecular weight is 298 g/mol. The summed E-state index contributed by atoms with van der Waals surface area (Å²) >= 11 is 0. The van der Waals surface area contributed by atoms with Gasteiger partial charge < -0.3 is 5.32 Å². The number of hydrogen-bond donors (Lipinski definition) is 2. The predicted molar refractivity (Wildman–Crippen MR) is 79.1 cm³/mol. The third-order valence-electron chi connectivity index (χ3n) is 2.40. The fraction of sp³-hybridized carbons (Fsp3) is 0.500. The van der Waals surface area contributed by atoms with E-state index in [9.17, 15) is 13.2 Å². The van der Waals surface area contributed by atoms with Crippen molar-refractivity contribution in [2.24, 2.45) is 0 Å². The van der Waals surface area contributed by atoms with Gasteiger partial charge in [-0.2, -0.15) is 0 Å². The summed E-state index contributed by atoms with van der Waals surface area (Å²) in [5, 5.41) is 2.74. The highest BCUT2D eigenvalue weighted by Gasteiger charge is 2.22. The van der Waals surface area contributed by atoms with Crippen molar-refractivity contribution in [3.8, 4) is 0 Å². The number of amides is 1. The lowest BCUT2D eigenvalue weighted by Crippen LogP contribution is -2.40. The van der Waals surface area contributed by atoms with Crippen molar-refractivity contribution in [3.63, 3.8) is 0 Å². The van der Waals surface area contributed by atoms with Gasteiger partial charge in [0.05, 0.1) is 4.90 Å². The number of sulfonamides is 1. The van der Waals surface area contributed by atoms with Gasteiger partial charge in [0.25, 0.3) is 5.91 Å². The molecule has 20 heavy (non-hydrogen) atoms. The van der Waals surface area contributed by atoms with Crippen LogP contribution >= 0.6 is 0 Å². The van der Waals surface area contributed by atoms with Gasteiger partial charge in [0, 0.05) is 17.6 Å². The highest BCUT2D eigenvalue weighted by molar-refractivity contribution is 7.89. The Hall–Kier alpha value is -1.40. The molecule has 0 radical (unpaired) electrons. The van der Waals surface area contributed by atoms with Crippen LogP contribution in [0.2, 0.25) is 0 Å². The van der Waals surface area contributed by atoms with Crippen molar-refractivity contribution in [2.75, 3.05) is 6.54 Å². The first-order chi connectivity index (χ1) is 9.15. The summed E-state index contributed by atoms with van der Waals surface area (Å²) in [6, 6.07) is 5.91. The molecule has 0 aliphatic heterocycles. The van der Waals surface area contributed by atoms with Crippen molar-refractivity contribution in [2.45, 2.75) is 44.6 Å². The van der Waals surface area contributed by atoms with Gasteiger partial charge in [-0.1, -0.05) is 6.92 Å². The molecular formula is C14H22N2O3S. The second kappa shape index (κ2) is 6.37. The van der Waals surface area contributed by atoms with Crippen molar-refractivity contribution in [3.05, 3.63) is 29.8 Å². The van der Waals surface area contributed by atoms with Gasteiger partial charge in [-0.3, -0.25) is 4.79 Å². The van der Waals surface area contributed by atoms with Gasteiger partial charge in [-0.25, -0.2) is 13.1 Å². The highest BCUT2D eigenvalue weighted by Crippen LogP contribution is 2.13. The summed E-state index contributed by atoms with van der Waals surface area (Å²) in [5.74, 6) is -0.195. The average Bonchev–Trinajstić information content (AvgIpc) is 2.33. The molecule has 0 saturated heterocycles. The van der Waals surface area contributed by atoms with E-state index in [2.05, 4.69) is 10.0 Å². The maximum Gasteiger partial charge on any atom is 0.251 e. The highest BCUT2D eigenvalue weighted by atomic mass is 32.2. The zero-order chi connectivity index (χ0) is 15.4. The molecule has 0 atom stereocenters. The molecule has 0 fully saturated rings. The van der Waals surface area contributed by atoms with Crippen molar-refractivity contribution < 1.29 is 13.2 Å². The van der Waals surface area contributed by atoms with Crippen LogP contribution in [0.3, 0.4) is 0 Å². The van der Waals surface area contributed by atoms with Gasteiger partial charge in [0.2, 0.25) is 10.0 Å². The Morgan fingerprint density at radius 1 is 1.15 bits per heavy atom. The first kappa shape index (κ1) is 16.7. The molecule has 0 spiro atoms. The Bertz CT molecular complexity index is 557. The molecule has 6 heteroatoms. The van der Waals surface area contributed by atoms with Crippen LogP contribution in [0.15, 0.2) is 29.2 Å². The molecule has 0 aliphatic carbocycles. The summed E-state index contributed by atoms with van der Waals surface area (Å²) in [5.41, 5.74) is -0.0936. The molecule has 2 N–H and O–H groups in total. The van der Waals surface area contributed by atoms with E-state index in [0.29, 0.717) is 12.1 Å². The van der Waals surface area contributed by atoms with Crippen LogP contribution in [0.4, 0.5) is 0 Å². The third-order valence-corrected chi connectivity index (χ3v) is 4.18. The number of nitrogens with one attached hydrogen (secondary N) is 2. The van der Waals surface area contributed by atoms with Gasteiger partial charge in [0.15, 0.2) is 0 Å². The molecule has 0 bridgehead atoms. The predicted octanol–water partition coefficient (Wildman–Crippen LogP) is 1.90. The summed E-state index contributed by atoms with van der Waals surface area (Å²) in [6.07, 6.45) is 0.855. The quantitative estimate of drug-likeness (QED) is 0.872. The van der Waals surface area contributed by atoms with E-state index in [4.69, 9.17) is 0 Å². The Balaban J connectivity index is 2.89. The summed E-state index contributed by atoms with van der Waals surface area (Å²) < 4.78 is 26.7. The molecule has 0 unspecified atom stereocenters. The molecule has 1 aromatic carbocycles. The van der Waals surface area contributed by atoms with Crippen LogP contribution in [0.25, 0.3) is 0 Å². The SMILES string of the molecule is CCCNC(=O)c1ccc(S(=O)(=O)NC(C)(C)C)cc1. The lowest BCUT2D eigenvalue weighted by atomic mass is 10.1. The summed E-state index contributed by atoms with van der Waals surface area (Å²) in [6.45, 7) is 7.89. The number of carbonyl (C=O) groups is 1. The lowest BCUT2D eigenvalue weighted by molar-refractivity contribution is 0.0953. The van der Waals surface area contributed by atoms with Crippen molar-refractivity contribution in [1.29, 1.82) is 0 Å². The van der Waals surface area contributed by atoms with E-state index in [1.165, 1.54) is 24.3 Å². The van der Waals surface area contributed by atoms with Crippen LogP contribution in [0.5, 0.6) is 0 Å². The largest absolute Gasteiger partial charge is 0.352 e. The van der Waals surface area contributed by atoms with Crippen LogP contribution in [0, 0.1) is 0 Å². The molecule has 1 rings (SSSR count). The van der Waals surface area contributed by atoms with Crippen molar-refractivity contribution in [1.82, 2.24) is 10.0 Å². The molecule has 5 nitrogen and oxygen atoms in total. The number of hydrogen-bond acceptors (Lipinski definition) is 3. The number of carbonyl (C=O) groups excluding carboxylic acids is 1. The fourth-order valence-electron chi connectivity index (χ4n) is 1.59. The molecule has 1 aromatic rings. The minimum absolute atomic E-state index is 0.152. The Kier molecular flexibility index (Phi) is 5.30. The van der Waals surface area contributed by atoms with E-state index in [1.807, 2.05) is 6.92 Å². The van der Waals surface area contributed by atoms with Gasteiger partial charge >= 0.3 is 0 Å². The van der Waals surface area contributed by atoms with E-state index in [1.54, 1.807) is 20.8 Å². The number of benzene rings is 1. The Labute approximate surface area is 120 Å². The minimum atomic E-state index is -3.56. The van der Waals surface area contributed by atoms with Crippen LogP contribution < -0.4 is 10.0 Å². The lowest BCUT2D eigenvalue weighted by Gasteiger charge is -2.20. The van der Waals surface area contributed by atoms with Crippen LogP contribution in [0.1, 0.15) is 44.5 Å². The molecule has 0 heterocycles. The normalized spacial score (nSPS) is 12.2. The monoisotopic (exact) mass is 298 g/mol. The van der Waals surface area contributed by atoms with Crippen LogP contribution in [-0.4, -0.2) is 26.4 Å². The first-order valence-electron chi connectivity index (χ1n) is 6.58. The minimum Gasteiger partial charge on any atom is -0.352 e. The second-order valence-electron chi connectivity index (χ2n) is 5.64. The van der Waals surface area contributed by atoms with Gasteiger partial charge in [-0.05, 0) is 51.5 Å². The standard InChI is InChI=1S/C14H22N2O3S/c1-5-10-15-13(17)11-6-8-12(9-7-11)20(18,19)16-14(2,3)4/h6-9,16H,5,10H2,1-4H3,(H,15,17). The maximum atomic E-state index is 12.1. The van der Waals surface area contributed by atoms with Crippen molar-refractivity contribution >= 4 is 15.9 Å². The molecule has 0 aromatic heterocycles. The zero-order valence-electron chi connectivity index (χ0n) is 12.4. The summed E-state index contributed by atoms with van der Waals surface area (Å²) in [4.78, 5) is 11.9. The molecule has 0 aliphatic rings. The van der Waals surface area contributed by atoms with E-state index in [-0.39, 0.29) is 10.8 Å². The molecule has 112 valence electrons. The Morgan fingerprint density at radius 3 is 2.15 bits per heavy atom. The molecule has 1 amide bonds. The molecular weight excluding hydrogens is 276 g/mol. The van der Waals surface area contributed by atoms with E-state index in [0.717, 1.165) is 6.42 Å². The van der Waals surface area contributed by atoms with Gasteiger partial charge in [0.1, 0.15) is 0 Å². The summed E-state index contributed by atoms with van der Waals surface area (Å²) in [7, 11) is -3.56. The Morgan fingerprint density at radius 2 is 1.70 bits per heavy atom. The van der Waals surface area contributed by atoms with E-state index < -0.39 is 15.6 Å². The smallest absolute Gasteiger partial charge is 0.251 e. The fourth-order valence-corrected chi connectivity index (χ4v) is 3.01. The van der Waals surface area contributed by atoms with Gasteiger partial charge in [-0.15, -0.1) is 0 Å². The van der Waals surface area contributed by atoms with E-state index >= 15 is 0 Å². The number of rotatable bonds is 5. The second-order valence-corrected chi connectivity index (χ2v) is 7.32. The topological polar surface area (TPSA) is 75.3 Å². The third kappa shape index (κ3) is 4.94. The molecule has 0 saturated carbocycles. The first-order valence-corrected chi connectivity index (χ1v) is 8.06.